The van der Waals surface area contributed by atoms with Gasteiger partial charge in [0.1, 0.15) is 11.0 Å². The first kappa shape index (κ1) is 17.0. The number of nitriles is 1. The van der Waals surface area contributed by atoms with Crippen LogP contribution in [0.3, 0.4) is 0 Å². The minimum atomic E-state index is 0.386. The first-order valence-corrected chi connectivity index (χ1v) is 8.33. The van der Waals surface area contributed by atoms with Crippen molar-refractivity contribution in [3.8, 4) is 17.2 Å². The summed E-state index contributed by atoms with van der Waals surface area (Å²) in [4.78, 5) is 4.14. The van der Waals surface area contributed by atoms with Crippen LogP contribution in [-0.4, -0.2) is 4.98 Å². The van der Waals surface area contributed by atoms with E-state index in [1.165, 1.54) is 0 Å². The summed E-state index contributed by atoms with van der Waals surface area (Å²) in [5, 5.41) is 11.3. The smallest absolute Gasteiger partial charge is 0.133 e. The van der Waals surface area contributed by atoms with E-state index >= 15 is 0 Å². The molecule has 0 saturated heterocycles. The zero-order chi connectivity index (χ0) is 18.1. The van der Waals surface area contributed by atoms with Crippen molar-refractivity contribution in [2.24, 2.45) is 0 Å². The molecule has 124 valence electrons. The molecule has 0 spiro atoms. The summed E-state index contributed by atoms with van der Waals surface area (Å²) >= 11 is 6.13. The Morgan fingerprint density at radius 1 is 1.16 bits per heavy atom. The zero-order valence-electron chi connectivity index (χ0n) is 14.4. The van der Waals surface area contributed by atoms with Crippen LogP contribution in [0.2, 0.25) is 5.15 Å². The van der Waals surface area contributed by atoms with Gasteiger partial charge in [-0.05, 0) is 66.1 Å². The lowest BCUT2D eigenvalue weighted by Crippen LogP contribution is -1.95. The standard InChI is InChI=1S/C21H18ClN3/c1-12(11-23)7-15-8-13(2)20(14(3)9-15)16-5-4-6-17-18(16)10-19(22)25-21(17)24/h4-10H,1-3H3,(H2,24,25). The van der Waals surface area contributed by atoms with Gasteiger partial charge in [0, 0.05) is 11.0 Å². The maximum absolute atomic E-state index is 8.99. The lowest BCUT2D eigenvalue weighted by atomic mass is 9.90. The molecule has 0 bridgehead atoms. The van der Waals surface area contributed by atoms with E-state index < -0.39 is 0 Å². The number of halogens is 1. The van der Waals surface area contributed by atoms with Crippen LogP contribution in [0.1, 0.15) is 23.6 Å². The molecule has 1 heterocycles. The SMILES string of the molecule is CC(C#N)=Cc1cc(C)c(-c2cccc3c(N)nc(Cl)cc23)c(C)c1. The number of allylic oxidation sites excluding steroid dienone is 1. The summed E-state index contributed by atoms with van der Waals surface area (Å²) in [6.07, 6.45) is 1.89. The maximum Gasteiger partial charge on any atom is 0.133 e. The number of hydrogen-bond acceptors (Lipinski definition) is 3. The molecule has 4 heteroatoms. The van der Waals surface area contributed by atoms with Gasteiger partial charge >= 0.3 is 0 Å². The van der Waals surface area contributed by atoms with Crippen LogP contribution in [0.5, 0.6) is 0 Å². The lowest BCUT2D eigenvalue weighted by molar-refractivity contribution is 1.35. The summed E-state index contributed by atoms with van der Waals surface area (Å²) in [7, 11) is 0. The Morgan fingerprint density at radius 2 is 1.84 bits per heavy atom. The van der Waals surface area contributed by atoms with Crippen LogP contribution in [-0.2, 0) is 0 Å². The zero-order valence-corrected chi connectivity index (χ0v) is 15.1. The molecule has 0 amide bonds. The number of fused-ring (bicyclic) bond motifs is 1. The van der Waals surface area contributed by atoms with Crippen LogP contribution in [0.25, 0.3) is 28.0 Å². The number of aromatic nitrogens is 1. The number of nitrogens with two attached hydrogens (primary N) is 1. The second-order valence-electron chi connectivity index (χ2n) is 6.20. The van der Waals surface area contributed by atoms with Gasteiger partial charge in [-0.2, -0.15) is 5.26 Å². The normalized spacial score (nSPS) is 11.6. The molecule has 1 aromatic heterocycles. The van der Waals surface area contributed by atoms with Crippen molar-refractivity contribution in [1.29, 1.82) is 5.26 Å². The van der Waals surface area contributed by atoms with Crippen LogP contribution in [0.15, 0.2) is 42.0 Å². The highest BCUT2D eigenvalue weighted by atomic mass is 35.5. The molecule has 2 aromatic carbocycles. The molecule has 3 nitrogen and oxygen atoms in total. The molecule has 0 atom stereocenters. The van der Waals surface area contributed by atoms with Gasteiger partial charge in [0.05, 0.1) is 6.07 Å². The molecule has 0 unspecified atom stereocenters. The molecular formula is C21H18ClN3. The molecule has 0 aliphatic rings. The van der Waals surface area contributed by atoms with Gasteiger partial charge in [0.2, 0.25) is 0 Å². The summed E-state index contributed by atoms with van der Waals surface area (Å²) in [6, 6.07) is 14.2. The minimum absolute atomic E-state index is 0.386. The number of hydrogen-bond donors (Lipinski definition) is 1. The van der Waals surface area contributed by atoms with E-state index in [0.29, 0.717) is 16.5 Å². The number of aryl methyl sites for hydroxylation is 2. The molecule has 2 N–H and O–H groups in total. The third-order valence-corrected chi connectivity index (χ3v) is 4.45. The van der Waals surface area contributed by atoms with Gasteiger partial charge in [-0.15, -0.1) is 0 Å². The molecule has 0 aliphatic heterocycles. The second kappa shape index (κ2) is 6.58. The van der Waals surface area contributed by atoms with Gasteiger partial charge in [-0.3, -0.25) is 0 Å². The molecule has 0 aliphatic carbocycles. The first-order valence-electron chi connectivity index (χ1n) is 7.95. The number of benzene rings is 2. The van der Waals surface area contributed by atoms with E-state index in [9.17, 15) is 0 Å². The third-order valence-electron chi connectivity index (χ3n) is 4.26. The van der Waals surface area contributed by atoms with Crippen LogP contribution in [0, 0.1) is 25.2 Å². The van der Waals surface area contributed by atoms with Gasteiger partial charge in [0.25, 0.3) is 0 Å². The van der Waals surface area contributed by atoms with E-state index in [4.69, 9.17) is 22.6 Å². The Bertz CT molecular complexity index is 1040. The van der Waals surface area contributed by atoms with Crippen molar-refractivity contribution in [3.05, 3.63) is 63.8 Å². The Morgan fingerprint density at radius 3 is 2.48 bits per heavy atom. The first-order chi connectivity index (χ1) is 11.9. The van der Waals surface area contributed by atoms with Crippen LogP contribution >= 0.6 is 11.6 Å². The van der Waals surface area contributed by atoms with E-state index in [1.807, 2.05) is 24.3 Å². The number of rotatable bonds is 2. The van der Waals surface area contributed by atoms with Crippen molar-refractivity contribution in [2.75, 3.05) is 5.73 Å². The predicted octanol–water partition coefficient (Wildman–Crippen LogP) is 5.68. The second-order valence-corrected chi connectivity index (χ2v) is 6.59. The number of pyridine rings is 1. The quantitative estimate of drug-likeness (QED) is 0.479. The fourth-order valence-electron chi connectivity index (χ4n) is 3.28. The van der Waals surface area contributed by atoms with Crippen molar-refractivity contribution < 1.29 is 0 Å². The molecule has 3 rings (SSSR count). The largest absolute Gasteiger partial charge is 0.383 e. The number of anilines is 1. The summed E-state index contributed by atoms with van der Waals surface area (Å²) in [6.45, 7) is 5.96. The third kappa shape index (κ3) is 3.22. The van der Waals surface area contributed by atoms with E-state index in [-0.39, 0.29) is 0 Å². The highest BCUT2D eigenvalue weighted by molar-refractivity contribution is 6.30. The van der Waals surface area contributed by atoms with Crippen LogP contribution < -0.4 is 5.73 Å². The monoisotopic (exact) mass is 347 g/mol. The van der Waals surface area contributed by atoms with Crippen molar-refractivity contribution in [3.63, 3.8) is 0 Å². The summed E-state index contributed by atoms with van der Waals surface area (Å²) in [5.74, 6) is 0.434. The molecule has 0 radical (unpaired) electrons. The number of nitrogens with zero attached hydrogens (tertiary/aromatic N) is 2. The van der Waals surface area contributed by atoms with Crippen molar-refractivity contribution in [1.82, 2.24) is 4.98 Å². The highest BCUT2D eigenvalue weighted by Gasteiger charge is 2.13. The van der Waals surface area contributed by atoms with E-state index in [2.05, 4.69) is 43.1 Å². The molecular weight excluding hydrogens is 330 g/mol. The summed E-state index contributed by atoms with van der Waals surface area (Å²) in [5.41, 5.74) is 12.3. The van der Waals surface area contributed by atoms with Crippen molar-refractivity contribution in [2.45, 2.75) is 20.8 Å². The molecule has 0 saturated carbocycles. The maximum atomic E-state index is 8.99. The average molecular weight is 348 g/mol. The van der Waals surface area contributed by atoms with Crippen LogP contribution in [0.4, 0.5) is 5.82 Å². The Hall–Kier alpha value is -2.83. The average Bonchev–Trinajstić information content (AvgIpc) is 2.54. The number of nitrogen functional groups attached to an aromatic ring is 1. The fourth-order valence-corrected chi connectivity index (χ4v) is 3.48. The van der Waals surface area contributed by atoms with Gasteiger partial charge in [-0.25, -0.2) is 4.98 Å². The van der Waals surface area contributed by atoms with Gasteiger partial charge in [-0.1, -0.05) is 41.9 Å². The van der Waals surface area contributed by atoms with Crippen molar-refractivity contribution >= 4 is 34.3 Å². The van der Waals surface area contributed by atoms with E-state index in [1.54, 1.807) is 6.92 Å². The minimum Gasteiger partial charge on any atom is -0.383 e. The molecule has 25 heavy (non-hydrogen) atoms. The Kier molecular flexibility index (Phi) is 4.48. The molecule has 3 aromatic rings. The predicted molar refractivity (Wildman–Crippen MR) is 105 cm³/mol. The topological polar surface area (TPSA) is 62.7 Å². The Labute approximate surface area is 152 Å². The van der Waals surface area contributed by atoms with E-state index in [0.717, 1.165) is 38.6 Å². The van der Waals surface area contributed by atoms with Gasteiger partial charge in [0.15, 0.2) is 0 Å². The Balaban J connectivity index is 2.28. The fraction of sp³-hybridized carbons (Fsp3) is 0.143. The van der Waals surface area contributed by atoms with Gasteiger partial charge < -0.3 is 5.73 Å². The highest BCUT2D eigenvalue weighted by Crippen LogP contribution is 2.36. The molecule has 0 fully saturated rings. The lowest BCUT2D eigenvalue weighted by Gasteiger charge is -2.15. The summed E-state index contributed by atoms with van der Waals surface area (Å²) < 4.78 is 0.